The van der Waals surface area contributed by atoms with Gasteiger partial charge in [-0.25, -0.2) is 4.98 Å². The number of rotatable bonds is 6. The molecule has 1 saturated heterocycles. The van der Waals surface area contributed by atoms with Crippen LogP contribution in [0.4, 0.5) is 11.5 Å². The lowest BCUT2D eigenvalue weighted by Crippen LogP contribution is -2.40. The van der Waals surface area contributed by atoms with Crippen molar-refractivity contribution in [3.8, 4) is 0 Å². The van der Waals surface area contributed by atoms with Crippen LogP contribution in [0.15, 0.2) is 12.3 Å². The Balaban J connectivity index is 2.20. The summed E-state index contributed by atoms with van der Waals surface area (Å²) < 4.78 is 0. The largest absolute Gasteiger partial charge is 0.354 e. The Morgan fingerprint density at radius 2 is 2.38 bits per heavy atom. The Morgan fingerprint density at radius 3 is 2.90 bits per heavy atom. The van der Waals surface area contributed by atoms with E-state index >= 15 is 0 Å². The molecule has 1 aliphatic heterocycles. The molecular weight excluding hydrogens is 292 g/mol. The van der Waals surface area contributed by atoms with Crippen LogP contribution in [0.2, 0.25) is 5.02 Å². The lowest BCUT2D eigenvalue weighted by Gasteiger charge is -2.29. The van der Waals surface area contributed by atoms with E-state index in [9.17, 15) is 10.1 Å². The molecule has 7 heteroatoms. The van der Waals surface area contributed by atoms with Crippen LogP contribution in [0.3, 0.4) is 0 Å². The van der Waals surface area contributed by atoms with Crippen LogP contribution in [0.25, 0.3) is 0 Å². The van der Waals surface area contributed by atoms with Gasteiger partial charge in [0.05, 0.1) is 9.95 Å². The predicted octanol–water partition coefficient (Wildman–Crippen LogP) is 2.86. The van der Waals surface area contributed by atoms with Crippen LogP contribution in [0.5, 0.6) is 0 Å². The third-order valence-corrected chi connectivity index (χ3v) is 3.78. The Hall–Kier alpha value is -1.40. The molecule has 2 heterocycles. The van der Waals surface area contributed by atoms with Crippen LogP contribution in [0.1, 0.15) is 26.7 Å². The first-order chi connectivity index (χ1) is 9.97. The summed E-state index contributed by atoms with van der Waals surface area (Å²) in [4.78, 5) is 16.6. The summed E-state index contributed by atoms with van der Waals surface area (Å²) in [6, 6.07) is 1.80. The minimum Gasteiger partial charge on any atom is -0.354 e. The average Bonchev–Trinajstić information content (AvgIpc) is 2.90. The number of hydrogen-bond acceptors (Lipinski definition) is 5. The van der Waals surface area contributed by atoms with Gasteiger partial charge in [-0.05, 0) is 25.3 Å². The van der Waals surface area contributed by atoms with Crippen molar-refractivity contribution in [3.63, 3.8) is 0 Å². The summed E-state index contributed by atoms with van der Waals surface area (Å²) >= 11 is 6.21. The standard InChI is InChI=1S/C14H21ClN4O2/c1-10(2)8-18(9-11-4-3-5-16-11)14-13(15)6-12(7-17-14)19(20)21/h6-7,10-11,16H,3-5,8-9H2,1-2H3. The number of nitrogens with zero attached hydrogens (tertiary/aromatic N) is 3. The lowest BCUT2D eigenvalue weighted by molar-refractivity contribution is -0.385. The molecule has 0 saturated carbocycles. The van der Waals surface area contributed by atoms with Crippen molar-refractivity contribution in [3.05, 3.63) is 27.4 Å². The number of pyridine rings is 1. The second-order valence-corrected chi connectivity index (χ2v) is 6.26. The van der Waals surface area contributed by atoms with Crippen LogP contribution >= 0.6 is 11.6 Å². The van der Waals surface area contributed by atoms with Crippen molar-refractivity contribution in [1.29, 1.82) is 0 Å². The van der Waals surface area contributed by atoms with E-state index < -0.39 is 4.92 Å². The molecule has 1 fully saturated rings. The summed E-state index contributed by atoms with van der Waals surface area (Å²) in [6.07, 6.45) is 3.59. The molecule has 0 amide bonds. The molecule has 1 aromatic heterocycles. The average molecular weight is 313 g/mol. The Kier molecular flexibility index (Phi) is 5.36. The zero-order chi connectivity index (χ0) is 15.4. The number of hydrogen-bond donors (Lipinski definition) is 1. The molecule has 1 unspecified atom stereocenters. The van der Waals surface area contributed by atoms with E-state index in [0.717, 1.165) is 26.1 Å². The van der Waals surface area contributed by atoms with Crippen LogP contribution in [0, 0.1) is 16.0 Å². The van der Waals surface area contributed by atoms with E-state index in [4.69, 9.17) is 11.6 Å². The second-order valence-electron chi connectivity index (χ2n) is 5.85. The van der Waals surface area contributed by atoms with E-state index in [-0.39, 0.29) is 5.69 Å². The molecular formula is C14H21ClN4O2. The molecule has 1 aliphatic rings. The fourth-order valence-electron chi connectivity index (χ4n) is 2.62. The topological polar surface area (TPSA) is 71.3 Å². The van der Waals surface area contributed by atoms with Gasteiger partial charge in [-0.3, -0.25) is 10.1 Å². The molecule has 21 heavy (non-hydrogen) atoms. The predicted molar refractivity (Wildman–Crippen MR) is 84.0 cm³/mol. The van der Waals surface area contributed by atoms with Gasteiger partial charge in [-0.2, -0.15) is 0 Å². The highest BCUT2D eigenvalue weighted by Crippen LogP contribution is 2.28. The maximum Gasteiger partial charge on any atom is 0.289 e. The molecule has 1 atom stereocenters. The zero-order valence-corrected chi connectivity index (χ0v) is 13.1. The maximum absolute atomic E-state index is 10.8. The van der Waals surface area contributed by atoms with E-state index in [0.29, 0.717) is 22.8 Å². The number of halogens is 1. The highest BCUT2D eigenvalue weighted by atomic mass is 35.5. The van der Waals surface area contributed by atoms with Crippen LogP contribution in [-0.2, 0) is 0 Å². The molecule has 0 bridgehead atoms. The molecule has 2 rings (SSSR count). The van der Waals surface area contributed by atoms with Gasteiger partial charge < -0.3 is 10.2 Å². The Bertz CT molecular complexity index is 504. The first kappa shape index (κ1) is 16.0. The molecule has 0 aromatic carbocycles. The SMILES string of the molecule is CC(C)CN(CC1CCCN1)c1ncc([N+](=O)[O-])cc1Cl. The van der Waals surface area contributed by atoms with Gasteiger partial charge in [0, 0.05) is 25.2 Å². The first-order valence-corrected chi connectivity index (χ1v) is 7.63. The lowest BCUT2D eigenvalue weighted by atomic mass is 10.1. The van der Waals surface area contributed by atoms with Crippen molar-refractivity contribution in [1.82, 2.24) is 10.3 Å². The third-order valence-electron chi connectivity index (χ3n) is 3.51. The van der Waals surface area contributed by atoms with Gasteiger partial charge in [0.25, 0.3) is 5.69 Å². The molecule has 0 radical (unpaired) electrons. The minimum absolute atomic E-state index is 0.0766. The molecule has 1 aromatic rings. The second kappa shape index (κ2) is 7.04. The van der Waals surface area contributed by atoms with Crippen LogP contribution in [-0.4, -0.2) is 35.6 Å². The van der Waals surface area contributed by atoms with Crippen molar-refractivity contribution >= 4 is 23.1 Å². The number of anilines is 1. The van der Waals surface area contributed by atoms with Gasteiger partial charge in [0.1, 0.15) is 12.0 Å². The highest BCUT2D eigenvalue weighted by Gasteiger charge is 2.22. The quantitative estimate of drug-likeness (QED) is 0.646. The summed E-state index contributed by atoms with van der Waals surface area (Å²) in [5.41, 5.74) is -0.0766. The van der Waals surface area contributed by atoms with Gasteiger partial charge in [0.15, 0.2) is 0 Å². The van der Waals surface area contributed by atoms with E-state index in [2.05, 4.69) is 29.0 Å². The van der Waals surface area contributed by atoms with Crippen molar-refractivity contribution in [2.24, 2.45) is 5.92 Å². The van der Waals surface area contributed by atoms with Gasteiger partial charge in [0.2, 0.25) is 0 Å². The van der Waals surface area contributed by atoms with Crippen molar-refractivity contribution in [2.75, 3.05) is 24.5 Å². The molecule has 116 valence electrons. The van der Waals surface area contributed by atoms with E-state index in [1.165, 1.54) is 18.7 Å². The molecule has 1 N–H and O–H groups in total. The molecule has 6 nitrogen and oxygen atoms in total. The fraction of sp³-hybridized carbons (Fsp3) is 0.643. The monoisotopic (exact) mass is 312 g/mol. The summed E-state index contributed by atoms with van der Waals surface area (Å²) in [7, 11) is 0. The van der Waals surface area contributed by atoms with Crippen molar-refractivity contribution < 1.29 is 4.92 Å². The smallest absolute Gasteiger partial charge is 0.289 e. The molecule has 0 aliphatic carbocycles. The zero-order valence-electron chi connectivity index (χ0n) is 12.4. The molecule has 0 spiro atoms. The highest BCUT2D eigenvalue weighted by molar-refractivity contribution is 6.33. The number of aromatic nitrogens is 1. The van der Waals surface area contributed by atoms with Gasteiger partial charge >= 0.3 is 0 Å². The summed E-state index contributed by atoms with van der Waals surface area (Å²) in [5.74, 6) is 1.09. The summed E-state index contributed by atoms with van der Waals surface area (Å²) in [5, 5.41) is 14.6. The number of nitro groups is 1. The van der Waals surface area contributed by atoms with E-state index in [1.807, 2.05) is 0 Å². The first-order valence-electron chi connectivity index (χ1n) is 7.25. The fourth-order valence-corrected chi connectivity index (χ4v) is 2.90. The Morgan fingerprint density at radius 1 is 1.62 bits per heavy atom. The number of nitrogens with one attached hydrogen (secondary N) is 1. The van der Waals surface area contributed by atoms with Crippen LogP contribution < -0.4 is 10.2 Å². The van der Waals surface area contributed by atoms with E-state index in [1.54, 1.807) is 0 Å². The normalized spacial score (nSPS) is 18.2. The summed E-state index contributed by atoms with van der Waals surface area (Å²) in [6.45, 7) is 6.95. The Labute approximate surface area is 129 Å². The minimum atomic E-state index is -0.478. The third kappa shape index (κ3) is 4.28. The van der Waals surface area contributed by atoms with Gasteiger partial charge in [-0.15, -0.1) is 0 Å². The maximum atomic E-state index is 10.8. The van der Waals surface area contributed by atoms with Gasteiger partial charge in [-0.1, -0.05) is 25.4 Å². The van der Waals surface area contributed by atoms with Crippen molar-refractivity contribution in [2.45, 2.75) is 32.7 Å².